The third kappa shape index (κ3) is 4.91. The van der Waals surface area contributed by atoms with Crippen LogP contribution in [0.2, 0.25) is 0 Å². The number of hydrogen-bond donors (Lipinski definition) is 0. The fourth-order valence-electron chi connectivity index (χ4n) is 1.49. The zero-order valence-corrected chi connectivity index (χ0v) is 9.93. The Hall–Kier alpha value is -0.930. The van der Waals surface area contributed by atoms with Crippen molar-refractivity contribution in [1.82, 2.24) is 0 Å². The van der Waals surface area contributed by atoms with E-state index in [1.165, 1.54) is 5.56 Å². The molecule has 1 aromatic rings. The molecule has 1 rings (SSSR count). The van der Waals surface area contributed by atoms with Crippen LogP contribution in [-0.2, 0) is 0 Å². The van der Waals surface area contributed by atoms with Gasteiger partial charge in [0.25, 0.3) is 0 Å². The van der Waals surface area contributed by atoms with Crippen molar-refractivity contribution in [3.63, 3.8) is 0 Å². The van der Waals surface area contributed by atoms with Crippen LogP contribution in [0.1, 0.15) is 43.5 Å². The number of halogens is 1. The maximum atomic E-state index is 6.28. The minimum atomic E-state index is 0.154. The van der Waals surface area contributed by atoms with Crippen LogP contribution in [0.5, 0.6) is 0 Å². The van der Waals surface area contributed by atoms with Crippen LogP contribution in [-0.4, -0.2) is 0 Å². The van der Waals surface area contributed by atoms with E-state index in [-0.39, 0.29) is 5.38 Å². The van der Waals surface area contributed by atoms with Crippen molar-refractivity contribution in [2.24, 2.45) is 0 Å². The van der Waals surface area contributed by atoms with E-state index >= 15 is 0 Å². The lowest BCUT2D eigenvalue weighted by atomic mass is 10.1. The second kappa shape index (κ2) is 7.37. The van der Waals surface area contributed by atoms with E-state index in [0.717, 1.165) is 25.7 Å². The summed E-state index contributed by atoms with van der Waals surface area (Å²) in [6, 6.07) is 10.3. The first-order valence-electron chi connectivity index (χ1n) is 5.43. The summed E-state index contributed by atoms with van der Waals surface area (Å²) in [5.74, 6) is 5.97. The van der Waals surface area contributed by atoms with Crippen LogP contribution in [0.3, 0.4) is 0 Å². The molecule has 1 aromatic carbocycles. The molecule has 15 heavy (non-hydrogen) atoms. The molecule has 0 aliphatic carbocycles. The Morgan fingerprint density at radius 2 is 1.93 bits per heavy atom. The molecule has 1 heteroatoms. The Kier molecular flexibility index (Phi) is 5.97. The smallest absolute Gasteiger partial charge is 0.0585 e. The monoisotopic (exact) mass is 220 g/mol. The van der Waals surface area contributed by atoms with Gasteiger partial charge in [0.05, 0.1) is 5.38 Å². The highest BCUT2D eigenvalue weighted by molar-refractivity contribution is 6.20. The predicted molar refractivity (Wildman–Crippen MR) is 67.0 cm³/mol. The summed E-state index contributed by atoms with van der Waals surface area (Å²) in [7, 11) is 0. The van der Waals surface area contributed by atoms with Crippen molar-refractivity contribution in [3.05, 3.63) is 35.9 Å². The molecule has 0 aliphatic rings. The number of alkyl halides is 1. The van der Waals surface area contributed by atoms with Gasteiger partial charge in [-0.05, 0) is 25.3 Å². The number of hydrogen-bond acceptors (Lipinski definition) is 0. The molecule has 0 saturated heterocycles. The zero-order chi connectivity index (χ0) is 10.9. The molecule has 1 atom stereocenters. The summed E-state index contributed by atoms with van der Waals surface area (Å²) < 4.78 is 0. The number of unbranched alkanes of at least 4 members (excludes halogenated alkanes) is 2. The van der Waals surface area contributed by atoms with Crippen LogP contribution in [0, 0.1) is 11.8 Å². The SMILES string of the molecule is CC#CCCCCC(Cl)c1ccccc1. The molecule has 0 amide bonds. The van der Waals surface area contributed by atoms with E-state index in [1.54, 1.807) is 0 Å². The normalized spacial score (nSPS) is 11.6. The molecule has 0 bridgehead atoms. The summed E-state index contributed by atoms with van der Waals surface area (Å²) >= 11 is 6.28. The largest absolute Gasteiger partial charge is 0.118 e. The highest BCUT2D eigenvalue weighted by atomic mass is 35.5. The molecule has 0 aromatic heterocycles. The van der Waals surface area contributed by atoms with Crippen molar-refractivity contribution in [2.75, 3.05) is 0 Å². The van der Waals surface area contributed by atoms with Crippen LogP contribution in [0.4, 0.5) is 0 Å². The summed E-state index contributed by atoms with van der Waals surface area (Å²) in [5, 5.41) is 0.154. The van der Waals surface area contributed by atoms with Gasteiger partial charge in [0, 0.05) is 6.42 Å². The van der Waals surface area contributed by atoms with Crippen molar-refractivity contribution >= 4 is 11.6 Å². The quantitative estimate of drug-likeness (QED) is 0.388. The standard InChI is InChI=1S/C14H17Cl/c1-2-3-4-5-9-12-14(15)13-10-7-6-8-11-13/h6-8,10-11,14H,4-5,9,12H2,1H3. The molecule has 0 nitrogen and oxygen atoms in total. The number of benzene rings is 1. The van der Waals surface area contributed by atoms with Gasteiger partial charge in [-0.2, -0.15) is 0 Å². The topological polar surface area (TPSA) is 0 Å². The first-order chi connectivity index (χ1) is 7.34. The fraction of sp³-hybridized carbons (Fsp3) is 0.429. The molecule has 0 spiro atoms. The summed E-state index contributed by atoms with van der Waals surface area (Å²) in [4.78, 5) is 0. The summed E-state index contributed by atoms with van der Waals surface area (Å²) in [6.07, 6.45) is 4.33. The maximum absolute atomic E-state index is 6.28. The van der Waals surface area contributed by atoms with Gasteiger partial charge < -0.3 is 0 Å². The van der Waals surface area contributed by atoms with Gasteiger partial charge >= 0.3 is 0 Å². The van der Waals surface area contributed by atoms with E-state index in [9.17, 15) is 0 Å². The van der Waals surface area contributed by atoms with Gasteiger partial charge in [-0.25, -0.2) is 0 Å². The average molecular weight is 221 g/mol. The van der Waals surface area contributed by atoms with E-state index in [0.29, 0.717) is 0 Å². The molecular formula is C14H17Cl. The minimum Gasteiger partial charge on any atom is -0.118 e. The molecule has 0 saturated carbocycles. The van der Waals surface area contributed by atoms with E-state index in [4.69, 9.17) is 11.6 Å². The van der Waals surface area contributed by atoms with Crippen molar-refractivity contribution in [3.8, 4) is 11.8 Å². The molecule has 0 N–H and O–H groups in total. The number of rotatable bonds is 5. The second-order valence-electron chi connectivity index (χ2n) is 3.55. The Bertz CT molecular complexity index is 318. The van der Waals surface area contributed by atoms with Gasteiger partial charge in [-0.3, -0.25) is 0 Å². The first-order valence-corrected chi connectivity index (χ1v) is 5.87. The lowest BCUT2D eigenvalue weighted by Gasteiger charge is -2.08. The Morgan fingerprint density at radius 1 is 1.20 bits per heavy atom. The predicted octanol–water partition coefficient (Wildman–Crippen LogP) is 4.55. The van der Waals surface area contributed by atoms with E-state index in [1.807, 2.05) is 25.1 Å². The third-order valence-electron chi connectivity index (χ3n) is 2.35. The van der Waals surface area contributed by atoms with Gasteiger partial charge in [0.2, 0.25) is 0 Å². The summed E-state index contributed by atoms with van der Waals surface area (Å²) in [6.45, 7) is 1.88. The van der Waals surface area contributed by atoms with Crippen LogP contribution >= 0.6 is 11.6 Å². The van der Waals surface area contributed by atoms with Crippen LogP contribution in [0.25, 0.3) is 0 Å². The Labute approximate surface area is 97.7 Å². The van der Waals surface area contributed by atoms with Gasteiger partial charge in [-0.1, -0.05) is 36.8 Å². The maximum Gasteiger partial charge on any atom is 0.0585 e. The molecule has 0 aliphatic heterocycles. The second-order valence-corrected chi connectivity index (χ2v) is 4.08. The molecule has 0 radical (unpaired) electrons. The Morgan fingerprint density at radius 3 is 2.60 bits per heavy atom. The van der Waals surface area contributed by atoms with E-state index < -0.39 is 0 Å². The first kappa shape index (κ1) is 12.1. The molecular weight excluding hydrogens is 204 g/mol. The summed E-state index contributed by atoms with van der Waals surface area (Å²) in [5.41, 5.74) is 1.22. The van der Waals surface area contributed by atoms with Crippen LogP contribution < -0.4 is 0 Å². The van der Waals surface area contributed by atoms with Gasteiger partial charge in [0.1, 0.15) is 0 Å². The highest BCUT2D eigenvalue weighted by Gasteiger charge is 2.05. The molecule has 80 valence electrons. The van der Waals surface area contributed by atoms with Gasteiger partial charge in [-0.15, -0.1) is 23.4 Å². The third-order valence-corrected chi connectivity index (χ3v) is 2.82. The zero-order valence-electron chi connectivity index (χ0n) is 9.17. The lowest BCUT2D eigenvalue weighted by Crippen LogP contribution is -1.90. The van der Waals surface area contributed by atoms with Crippen LogP contribution in [0.15, 0.2) is 30.3 Å². The minimum absolute atomic E-state index is 0.154. The highest BCUT2D eigenvalue weighted by Crippen LogP contribution is 2.25. The van der Waals surface area contributed by atoms with E-state index in [2.05, 4.69) is 24.0 Å². The lowest BCUT2D eigenvalue weighted by molar-refractivity contribution is 0.678. The fourth-order valence-corrected chi connectivity index (χ4v) is 1.79. The van der Waals surface area contributed by atoms with Gasteiger partial charge in [0.15, 0.2) is 0 Å². The van der Waals surface area contributed by atoms with Crippen molar-refractivity contribution < 1.29 is 0 Å². The van der Waals surface area contributed by atoms with Crippen molar-refractivity contribution in [2.45, 2.75) is 38.0 Å². The van der Waals surface area contributed by atoms with Crippen molar-refractivity contribution in [1.29, 1.82) is 0 Å². The Balaban J connectivity index is 2.24. The average Bonchev–Trinajstić information content (AvgIpc) is 2.30. The molecule has 0 heterocycles. The molecule has 1 unspecified atom stereocenters. The molecule has 0 fully saturated rings.